The first-order valence-electron chi connectivity index (χ1n) is 15.0. The van der Waals surface area contributed by atoms with Crippen LogP contribution in [-0.4, -0.2) is 69.0 Å². The maximum Gasteiger partial charge on any atom is 0.326 e. The molecule has 1 aromatic heterocycles. The number of aromatic hydroxyl groups is 1. The maximum absolute atomic E-state index is 13.7. The number of rotatable bonds is 16. The van der Waals surface area contributed by atoms with Crippen LogP contribution in [0.2, 0.25) is 0 Å². The van der Waals surface area contributed by atoms with Crippen molar-refractivity contribution >= 4 is 40.5 Å². The number of nitrogens with one attached hydrogen (secondary N) is 4. The Morgan fingerprint density at radius 2 is 1.28 bits per heavy atom. The number of H-pyrrole nitrogens is 1. The second kappa shape index (κ2) is 16.0. The molecule has 0 aliphatic rings. The smallest absolute Gasteiger partial charge is 0.326 e. The fraction of sp³-hybridized carbons (Fsp3) is 0.265. The minimum absolute atomic E-state index is 0.00575. The van der Waals surface area contributed by atoms with Crippen molar-refractivity contribution < 1.29 is 34.2 Å². The van der Waals surface area contributed by atoms with E-state index in [0.29, 0.717) is 11.1 Å². The number of hydrogen-bond donors (Lipinski definition) is 8. The normalized spacial score (nSPS) is 13.6. The van der Waals surface area contributed by atoms with Crippen LogP contribution in [0.15, 0.2) is 85.1 Å². The lowest BCUT2D eigenvalue weighted by Gasteiger charge is -2.25. The molecule has 1 heterocycles. The molecule has 4 atom stereocenters. The molecule has 0 radical (unpaired) electrons. The number of aliphatic carboxylic acids is 1. The Kier molecular flexibility index (Phi) is 11.7. The zero-order chi connectivity index (χ0) is 33.9. The first-order valence-corrected chi connectivity index (χ1v) is 15.0. The Labute approximate surface area is 270 Å². The van der Waals surface area contributed by atoms with Crippen LogP contribution >= 0.6 is 0 Å². The van der Waals surface area contributed by atoms with Gasteiger partial charge in [-0.2, -0.15) is 0 Å². The van der Waals surface area contributed by atoms with E-state index >= 15 is 0 Å². The third-order valence-electron chi connectivity index (χ3n) is 7.67. The van der Waals surface area contributed by atoms with E-state index in [1.807, 2.05) is 24.3 Å². The van der Waals surface area contributed by atoms with Gasteiger partial charge in [0.05, 0.1) is 6.04 Å². The van der Waals surface area contributed by atoms with Gasteiger partial charge in [-0.1, -0.05) is 60.7 Å². The van der Waals surface area contributed by atoms with Crippen molar-refractivity contribution in [3.63, 3.8) is 0 Å². The van der Waals surface area contributed by atoms with Gasteiger partial charge in [-0.3, -0.25) is 19.2 Å². The van der Waals surface area contributed by atoms with Crippen molar-refractivity contribution in [2.24, 2.45) is 11.5 Å². The predicted octanol–water partition coefficient (Wildman–Crippen LogP) is 1.03. The van der Waals surface area contributed by atoms with Crippen LogP contribution < -0.4 is 27.4 Å². The second-order valence-corrected chi connectivity index (χ2v) is 11.3. The van der Waals surface area contributed by atoms with E-state index in [1.165, 1.54) is 12.1 Å². The molecule has 0 saturated carbocycles. The molecule has 4 rings (SSSR count). The molecule has 47 heavy (non-hydrogen) atoms. The number of amides is 4. The average Bonchev–Trinajstić information content (AvgIpc) is 3.46. The highest BCUT2D eigenvalue weighted by Gasteiger charge is 2.31. The quantitative estimate of drug-likeness (QED) is 0.0878. The number of carbonyl (C=O) groups excluding carboxylic acids is 4. The van der Waals surface area contributed by atoms with E-state index < -0.39 is 53.8 Å². The standard InChI is InChI=1S/C34H38N6O7/c35-25(18-22-19-37-26-9-5-4-8-24(22)26)31(43)39-28(16-21-10-12-23(41)13-11-21)33(45)38-27(14-15-30(36)42)32(44)40-29(34(46)47)17-20-6-2-1-3-7-20/h1-13,19,25,27-29,37,41H,14-18,35H2,(H2,36,42)(H,38,45)(H,39,43)(H,40,44)(H,46,47). The summed E-state index contributed by atoms with van der Waals surface area (Å²) < 4.78 is 0. The molecule has 4 unspecified atom stereocenters. The Balaban J connectivity index is 1.51. The zero-order valence-corrected chi connectivity index (χ0v) is 25.5. The summed E-state index contributed by atoms with van der Waals surface area (Å²) in [5.74, 6) is -4.25. The van der Waals surface area contributed by atoms with Crippen molar-refractivity contribution in [3.8, 4) is 5.75 Å². The largest absolute Gasteiger partial charge is 0.508 e. The van der Waals surface area contributed by atoms with E-state index in [-0.39, 0.29) is 37.9 Å². The molecule has 0 fully saturated rings. The van der Waals surface area contributed by atoms with Gasteiger partial charge in [0.2, 0.25) is 23.6 Å². The first-order chi connectivity index (χ1) is 22.5. The van der Waals surface area contributed by atoms with Gasteiger partial charge in [-0.15, -0.1) is 0 Å². The van der Waals surface area contributed by atoms with E-state index in [1.54, 1.807) is 48.7 Å². The van der Waals surface area contributed by atoms with Gasteiger partial charge in [-0.25, -0.2) is 4.79 Å². The molecule has 13 nitrogen and oxygen atoms in total. The maximum atomic E-state index is 13.7. The molecule has 246 valence electrons. The summed E-state index contributed by atoms with van der Waals surface area (Å²) in [5, 5.41) is 28.1. The number of carboxylic acid groups (broad SMARTS) is 1. The summed E-state index contributed by atoms with van der Waals surface area (Å²) in [6.45, 7) is 0. The highest BCUT2D eigenvalue weighted by molar-refractivity contribution is 5.95. The number of hydrogen-bond acceptors (Lipinski definition) is 7. The summed E-state index contributed by atoms with van der Waals surface area (Å²) in [6, 6.07) is 17.3. The van der Waals surface area contributed by atoms with Crippen molar-refractivity contribution in [1.29, 1.82) is 0 Å². The van der Waals surface area contributed by atoms with Gasteiger partial charge in [0.1, 0.15) is 23.9 Å². The number of phenols is 1. The van der Waals surface area contributed by atoms with Gasteiger partial charge < -0.3 is 42.6 Å². The number of carboxylic acids is 1. The number of fused-ring (bicyclic) bond motifs is 1. The average molecular weight is 643 g/mol. The summed E-state index contributed by atoms with van der Waals surface area (Å²) in [5.41, 5.74) is 14.5. The van der Waals surface area contributed by atoms with Crippen molar-refractivity contribution in [2.45, 2.75) is 56.3 Å². The van der Waals surface area contributed by atoms with E-state index in [9.17, 15) is 34.2 Å². The minimum atomic E-state index is -1.35. The number of aromatic amines is 1. The number of para-hydroxylation sites is 1. The number of phenolic OH excluding ortho intramolecular Hbond substituents is 1. The van der Waals surface area contributed by atoms with Crippen LogP contribution in [0.4, 0.5) is 0 Å². The fourth-order valence-electron chi connectivity index (χ4n) is 5.14. The molecule has 0 spiro atoms. The number of nitrogens with two attached hydrogens (primary N) is 2. The Morgan fingerprint density at radius 3 is 1.96 bits per heavy atom. The SMILES string of the molecule is NC(=O)CCC(NC(=O)C(Cc1ccc(O)cc1)NC(=O)C(N)Cc1c[nH]c2ccccc12)C(=O)NC(Cc1ccccc1)C(=O)O. The van der Waals surface area contributed by atoms with Gasteiger partial charge in [-0.05, 0) is 47.7 Å². The predicted molar refractivity (Wildman–Crippen MR) is 174 cm³/mol. The summed E-state index contributed by atoms with van der Waals surface area (Å²) >= 11 is 0. The Bertz CT molecular complexity index is 1710. The van der Waals surface area contributed by atoms with E-state index in [0.717, 1.165) is 16.5 Å². The molecule has 10 N–H and O–H groups in total. The van der Waals surface area contributed by atoms with Crippen molar-refractivity contribution in [1.82, 2.24) is 20.9 Å². The molecule has 4 aromatic rings. The number of aromatic nitrogens is 1. The number of benzene rings is 3. The summed E-state index contributed by atoms with van der Waals surface area (Å²) in [7, 11) is 0. The number of primary amides is 1. The van der Waals surface area contributed by atoms with Crippen LogP contribution in [0.25, 0.3) is 10.9 Å². The van der Waals surface area contributed by atoms with Crippen LogP contribution in [0.1, 0.15) is 29.5 Å². The fourth-order valence-corrected chi connectivity index (χ4v) is 5.14. The Hall–Kier alpha value is -5.69. The molecule has 0 saturated heterocycles. The van der Waals surface area contributed by atoms with Gasteiger partial charge in [0.15, 0.2) is 0 Å². The molecule has 0 bridgehead atoms. The lowest BCUT2D eigenvalue weighted by molar-refractivity contribution is -0.142. The highest BCUT2D eigenvalue weighted by Crippen LogP contribution is 2.19. The van der Waals surface area contributed by atoms with Crippen LogP contribution in [0, 0.1) is 0 Å². The van der Waals surface area contributed by atoms with E-state index in [2.05, 4.69) is 20.9 Å². The summed E-state index contributed by atoms with van der Waals surface area (Å²) in [6.07, 6.45) is 1.39. The molecule has 0 aliphatic carbocycles. The topological polar surface area (TPSA) is 230 Å². The van der Waals surface area contributed by atoms with Crippen molar-refractivity contribution in [2.75, 3.05) is 0 Å². The molecule has 3 aromatic carbocycles. The third kappa shape index (κ3) is 9.90. The third-order valence-corrected chi connectivity index (χ3v) is 7.67. The van der Waals surface area contributed by atoms with Crippen LogP contribution in [-0.2, 0) is 43.2 Å². The molecular weight excluding hydrogens is 604 g/mol. The lowest BCUT2D eigenvalue weighted by atomic mass is 10.0. The summed E-state index contributed by atoms with van der Waals surface area (Å²) in [4.78, 5) is 67.1. The van der Waals surface area contributed by atoms with Gasteiger partial charge in [0.25, 0.3) is 0 Å². The second-order valence-electron chi connectivity index (χ2n) is 11.3. The molecule has 4 amide bonds. The zero-order valence-electron chi connectivity index (χ0n) is 25.5. The lowest BCUT2D eigenvalue weighted by Crippen LogP contribution is -2.58. The van der Waals surface area contributed by atoms with Crippen LogP contribution in [0.3, 0.4) is 0 Å². The Morgan fingerprint density at radius 1 is 0.702 bits per heavy atom. The van der Waals surface area contributed by atoms with Gasteiger partial charge in [0, 0.05) is 36.4 Å². The monoisotopic (exact) mass is 642 g/mol. The first kappa shape index (κ1) is 34.2. The van der Waals surface area contributed by atoms with E-state index in [4.69, 9.17) is 11.5 Å². The molecular formula is C34H38N6O7. The molecule has 0 aliphatic heterocycles. The highest BCUT2D eigenvalue weighted by atomic mass is 16.4. The molecule has 13 heteroatoms. The van der Waals surface area contributed by atoms with Crippen molar-refractivity contribution in [3.05, 3.63) is 102 Å². The number of carbonyl (C=O) groups is 5. The minimum Gasteiger partial charge on any atom is -0.508 e. The van der Waals surface area contributed by atoms with Crippen LogP contribution in [0.5, 0.6) is 5.75 Å². The van der Waals surface area contributed by atoms with Gasteiger partial charge >= 0.3 is 5.97 Å².